The minimum atomic E-state index is -0.00420. The first-order valence-corrected chi connectivity index (χ1v) is 8.28. The lowest BCUT2D eigenvalue weighted by atomic mass is 10.1. The van der Waals surface area contributed by atoms with Gasteiger partial charge < -0.3 is 11.2 Å². The number of nitrogens with one attached hydrogen (secondary N) is 1. The van der Waals surface area contributed by atoms with Gasteiger partial charge in [0.25, 0.3) is 0 Å². The van der Waals surface area contributed by atoms with Gasteiger partial charge in [0.05, 0.1) is 17.6 Å². The standard InChI is InChI=1S/C16H22N4OS/c1-11(2)12(3)18-15(21)10-22-16-19-14(9-20(16)17)13-7-5-4-6-8-13/h4-9,11-12H,10,17H2,1-3H3,(H,18,21)/t12-/m0/s1. The molecule has 0 saturated carbocycles. The first kappa shape index (κ1) is 16.4. The molecule has 6 heteroatoms. The second-order valence-corrected chi connectivity index (χ2v) is 6.51. The van der Waals surface area contributed by atoms with Crippen molar-refractivity contribution < 1.29 is 4.79 Å². The van der Waals surface area contributed by atoms with Crippen molar-refractivity contribution in [1.82, 2.24) is 15.0 Å². The molecule has 3 N–H and O–H groups in total. The van der Waals surface area contributed by atoms with Crippen LogP contribution in [0.2, 0.25) is 0 Å². The SMILES string of the molecule is CC(C)[C@H](C)NC(=O)CSc1nc(-c2ccccc2)cn1N. The summed E-state index contributed by atoms with van der Waals surface area (Å²) in [5, 5.41) is 3.60. The second kappa shape index (κ2) is 7.35. The lowest BCUT2D eigenvalue weighted by Gasteiger charge is -2.16. The van der Waals surface area contributed by atoms with Crippen LogP contribution in [0.15, 0.2) is 41.7 Å². The maximum atomic E-state index is 11.9. The van der Waals surface area contributed by atoms with Crippen LogP contribution in [0.3, 0.4) is 0 Å². The maximum Gasteiger partial charge on any atom is 0.230 e. The van der Waals surface area contributed by atoms with E-state index in [-0.39, 0.29) is 11.9 Å². The van der Waals surface area contributed by atoms with Crippen LogP contribution in [0.1, 0.15) is 20.8 Å². The zero-order chi connectivity index (χ0) is 16.1. The quantitative estimate of drug-likeness (QED) is 0.634. The number of imidazole rings is 1. The van der Waals surface area contributed by atoms with E-state index in [1.54, 1.807) is 6.20 Å². The van der Waals surface area contributed by atoms with Gasteiger partial charge in [-0.3, -0.25) is 4.79 Å². The highest BCUT2D eigenvalue weighted by Gasteiger charge is 2.13. The van der Waals surface area contributed by atoms with Crippen molar-refractivity contribution in [2.75, 3.05) is 11.6 Å². The van der Waals surface area contributed by atoms with E-state index < -0.39 is 0 Å². The average molecular weight is 318 g/mol. The highest BCUT2D eigenvalue weighted by atomic mass is 32.2. The lowest BCUT2D eigenvalue weighted by molar-refractivity contribution is -0.119. The molecule has 5 nitrogen and oxygen atoms in total. The Morgan fingerprint density at radius 2 is 2.00 bits per heavy atom. The molecule has 1 amide bonds. The molecule has 118 valence electrons. The van der Waals surface area contributed by atoms with Crippen molar-refractivity contribution in [2.24, 2.45) is 5.92 Å². The van der Waals surface area contributed by atoms with Gasteiger partial charge in [0.15, 0.2) is 5.16 Å². The van der Waals surface area contributed by atoms with E-state index in [1.165, 1.54) is 16.4 Å². The van der Waals surface area contributed by atoms with Crippen LogP contribution >= 0.6 is 11.8 Å². The average Bonchev–Trinajstić information content (AvgIpc) is 2.87. The third kappa shape index (κ3) is 4.27. The predicted octanol–water partition coefficient (Wildman–Crippen LogP) is 2.52. The third-order valence-corrected chi connectivity index (χ3v) is 4.46. The van der Waals surface area contributed by atoms with Crippen molar-refractivity contribution in [2.45, 2.75) is 32.0 Å². The van der Waals surface area contributed by atoms with Crippen LogP contribution in [-0.4, -0.2) is 27.4 Å². The zero-order valence-electron chi connectivity index (χ0n) is 13.1. The molecule has 0 bridgehead atoms. The van der Waals surface area contributed by atoms with Crippen molar-refractivity contribution in [3.8, 4) is 11.3 Å². The van der Waals surface area contributed by atoms with Crippen molar-refractivity contribution >= 4 is 17.7 Å². The van der Waals surface area contributed by atoms with Crippen molar-refractivity contribution in [1.29, 1.82) is 0 Å². The summed E-state index contributed by atoms with van der Waals surface area (Å²) in [7, 11) is 0. The first-order chi connectivity index (χ1) is 10.5. The Morgan fingerprint density at radius 1 is 1.32 bits per heavy atom. The number of rotatable bonds is 6. The number of benzene rings is 1. The van der Waals surface area contributed by atoms with E-state index >= 15 is 0 Å². The maximum absolute atomic E-state index is 11.9. The molecule has 1 aromatic carbocycles. The van der Waals surface area contributed by atoms with Gasteiger partial charge in [-0.1, -0.05) is 55.9 Å². The topological polar surface area (TPSA) is 72.9 Å². The summed E-state index contributed by atoms with van der Waals surface area (Å²) in [5.74, 6) is 6.63. The number of carbonyl (C=O) groups is 1. The summed E-state index contributed by atoms with van der Waals surface area (Å²) in [5.41, 5.74) is 1.81. The molecule has 2 aromatic rings. The minimum absolute atomic E-state index is 0.00420. The molecule has 0 unspecified atom stereocenters. The van der Waals surface area contributed by atoms with Gasteiger partial charge in [-0.05, 0) is 12.8 Å². The van der Waals surface area contributed by atoms with E-state index in [2.05, 4.69) is 24.1 Å². The number of thioether (sulfide) groups is 1. The molecule has 0 aliphatic rings. The number of nitrogen functional groups attached to an aromatic ring is 1. The van der Waals surface area contributed by atoms with Crippen molar-refractivity contribution in [3.63, 3.8) is 0 Å². The summed E-state index contributed by atoms with van der Waals surface area (Å²) >= 11 is 1.34. The Balaban J connectivity index is 1.97. The number of nitrogens with zero attached hydrogens (tertiary/aromatic N) is 2. The number of aromatic nitrogens is 2. The lowest BCUT2D eigenvalue weighted by Crippen LogP contribution is -2.37. The molecule has 1 heterocycles. The number of amides is 1. The van der Waals surface area contributed by atoms with E-state index in [0.29, 0.717) is 16.8 Å². The minimum Gasteiger partial charge on any atom is -0.353 e. The fraction of sp³-hybridized carbons (Fsp3) is 0.375. The summed E-state index contributed by atoms with van der Waals surface area (Å²) in [6.45, 7) is 6.16. The second-order valence-electron chi connectivity index (χ2n) is 5.57. The summed E-state index contributed by atoms with van der Waals surface area (Å²) < 4.78 is 1.46. The summed E-state index contributed by atoms with van der Waals surface area (Å²) in [6.07, 6.45) is 1.77. The Labute approximate surface area is 135 Å². The fourth-order valence-electron chi connectivity index (χ4n) is 1.82. The number of hydrogen-bond acceptors (Lipinski definition) is 4. The number of hydrogen-bond donors (Lipinski definition) is 2. The van der Waals surface area contributed by atoms with Gasteiger partial charge in [-0.15, -0.1) is 0 Å². The highest BCUT2D eigenvalue weighted by molar-refractivity contribution is 7.99. The molecular formula is C16H22N4OS. The van der Waals surface area contributed by atoms with Crippen LogP contribution in [0.25, 0.3) is 11.3 Å². The van der Waals surface area contributed by atoms with Gasteiger partial charge in [-0.25, -0.2) is 9.66 Å². The zero-order valence-corrected chi connectivity index (χ0v) is 13.9. The van der Waals surface area contributed by atoms with Gasteiger partial charge in [0, 0.05) is 11.6 Å². The van der Waals surface area contributed by atoms with Gasteiger partial charge in [0.1, 0.15) is 0 Å². The molecule has 0 saturated heterocycles. The van der Waals surface area contributed by atoms with E-state index in [9.17, 15) is 4.79 Å². The van der Waals surface area contributed by atoms with Crippen LogP contribution in [0.4, 0.5) is 0 Å². The van der Waals surface area contributed by atoms with E-state index in [1.807, 2.05) is 37.3 Å². The Hall–Kier alpha value is -1.95. The Kier molecular flexibility index (Phi) is 5.49. The Morgan fingerprint density at radius 3 is 2.64 bits per heavy atom. The normalized spacial score (nSPS) is 12.4. The molecule has 1 atom stereocenters. The van der Waals surface area contributed by atoms with Crippen molar-refractivity contribution in [3.05, 3.63) is 36.5 Å². The summed E-state index contributed by atoms with van der Waals surface area (Å²) in [6, 6.07) is 9.99. The van der Waals surface area contributed by atoms with Crippen LogP contribution in [0.5, 0.6) is 0 Å². The molecule has 0 aliphatic heterocycles. The third-order valence-electron chi connectivity index (χ3n) is 3.49. The Bertz CT molecular complexity index is 624. The molecule has 0 aliphatic carbocycles. The summed E-state index contributed by atoms with van der Waals surface area (Å²) in [4.78, 5) is 16.4. The van der Waals surface area contributed by atoms with E-state index in [0.717, 1.165) is 11.3 Å². The van der Waals surface area contributed by atoms with Crippen LogP contribution in [0, 0.1) is 5.92 Å². The molecule has 0 spiro atoms. The predicted molar refractivity (Wildman–Crippen MR) is 91.0 cm³/mol. The molecule has 22 heavy (non-hydrogen) atoms. The van der Waals surface area contributed by atoms with Crippen LogP contribution in [-0.2, 0) is 4.79 Å². The molecule has 1 aromatic heterocycles. The highest BCUT2D eigenvalue weighted by Crippen LogP contribution is 2.22. The van der Waals surface area contributed by atoms with Gasteiger partial charge in [0.2, 0.25) is 5.91 Å². The first-order valence-electron chi connectivity index (χ1n) is 7.29. The van der Waals surface area contributed by atoms with Gasteiger partial charge in [-0.2, -0.15) is 0 Å². The van der Waals surface area contributed by atoms with Gasteiger partial charge >= 0.3 is 0 Å². The molecule has 0 radical (unpaired) electrons. The molecule has 0 fully saturated rings. The molecular weight excluding hydrogens is 296 g/mol. The van der Waals surface area contributed by atoms with Crippen LogP contribution < -0.4 is 11.2 Å². The fourth-order valence-corrected chi connectivity index (χ4v) is 2.53. The smallest absolute Gasteiger partial charge is 0.230 e. The number of carbonyl (C=O) groups excluding carboxylic acids is 1. The largest absolute Gasteiger partial charge is 0.353 e. The number of nitrogens with two attached hydrogens (primary N) is 1. The molecule has 2 rings (SSSR count). The van der Waals surface area contributed by atoms with E-state index in [4.69, 9.17) is 5.84 Å². The monoisotopic (exact) mass is 318 g/mol.